The van der Waals surface area contributed by atoms with Gasteiger partial charge in [-0.3, -0.25) is 20.1 Å². The Balaban J connectivity index is 4.34. The Bertz CT molecular complexity index is 349. The van der Waals surface area contributed by atoms with Crippen LogP contribution in [-0.2, 0) is 9.59 Å². The molecule has 4 N–H and O–H groups in total. The Kier molecular flexibility index (Phi) is 7.59. The van der Waals surface area contributed by atoms with Crippen LogP contribution >= 0.6 is 0 Å². The smallest absolute Gasteiger partial charge is 0.351 e. The van der Waals surface area contributed by atoms with Crippen LogP contribution in [0.15, 0.2) is 0 Å². The van der Waals surface area contributed by atoms with Gasteiger partial charge in [-0.15, -0.1) is 0 Å². The minimum absolute atomic E-state index is 0.0277. The Labute approximate surface area is 112 Å². The quantitative estimate of drug-likeness (QED) is 0.266. The molecule has 7 nitrogen and oxygen atoms in total. The SMILES string of the molecule is NC(=O)NC(=O)[C@H](CCCCC(F)(F)F)CN(O)C=O. The molecule has 116 valence electrons. The fraction of sp³-hybridized carbons (Fsp3) is 0.700. The van der Waals surface area contributed by atoms with E-state index in [-0.39, 0.29) is 30.7 Å². The minimum atomic E-state index is -4.28. The second kappa shape index (κ2) is 8.35. The Morgan fingerprint density at radius 1 is 1.35 bits per heavy atom. The molecule has 4 amide bonds. The number of nitrogens with two attached hydrogens (primary N) is 1. The maximum absolute atomic E-state index is 11.9. The molecule has 20 heavy (non-hydrogen) atoms. The standard InChI is InChI=1S/C10H16F3N3O4/c11-10(12,13)4-2-1-3-7(5-16(20)6-17)8(18)15-9(14)19/h6-7,20H,1-5H2,(H3,14,15,18,19)/t7-/m1/s1. The van der Waals surface area contributed by atoms with E-state index >= 15 is 0 Å². The van der Waals surface area contributed by atoms with E-state index in [1.165, 1.54) is 0 Å². The molecular formula is C10H16F3N3O4. The van der Waals surface area contributed by atoms with Gasteiger partial charge in [-0.05, 0) is 12.8 Å². The highest BCUT2D eigenvalue weighted by Crippen LogP contribution is 2.23. The van der Waals surface area contributed by atoms with E-state index in [0.29, 0.717) is 0 Å². The number of primary amides is 1. The monoisotopic (exact) mass is 299 g/mol. The molecule has 0 heterocycles. The van der Waals surface area contributed by atoms with Gasteiger partial charge in [0, 0.05) is 6.42 Å². The first kappa shape index (κ1) is 18.2. The summed E-state index contributed by atoms with van der Waals surface area (Å²) in [5.74, 6) is -1.88. The Morgan fingerprint density at radius 2 is 1.95 bits per heavy atom. The molecule has 0 saturated heterocycles. The summed E-state index contributed by atoms with van der Waals surface area (Å²) in [6, 6.07) is -1.12. The Morgan fingerprint density at radius 3 is 2.40 bits per heavy atom. The van der Waals surface area contributed by atoms with Crippen LogP contribution in [-0.4, -0.2) is 41.3 Å². The molecule has 0 aliphatic carbocycles. The van der Waals surface area contributed by atoms with Gasteiger partial charge in [0.15, 0.2) is 0 Å². The van der Waals surface area contributed by atoms with Gasteiger partial charge < -0.3 is 5.73 Å². The number of amides is 4. The molecule has 0 saturated carbocycles. The summed E-state index contributed by atoms with van der Waals surface area (Å²) in [4.78, 5) is 32.3. The molecule has 0 spiro atoms. The van der Waals surface area contributed by atoms with Crippen LogP contribution in [0.4, 0.5) is 18.0 Å². The molecule has 0 aliphatic heterocycles. The van der Waals surface area contributed by atoms with E-state index in [2.05, 4.69) is 0 Å². The number of carbonyl (C=O) groups is 3. The molecule has 0 fully saturated rings. The number of hydrogen-bond acceptors (Lipinski definition) is 4. The number of nitrogens with zero attached hydrogens (tertiary/aromatic N) is 1. The molecule has 0 aliphatic rings. The van der Waals surface area contributed by atoms with Crippen LogP contribution in [0.2, 0.25) is 0 Å². The first-order valence-corrected chi connectivity index (χ1v) is 5.73. The highest BCUT2D eigenvalue weighted by atomic mass is 19.4. The van der Waals surface area contributed by atoms with E-state index in [0.717, 1.165) is 0 Å². The fourth-order valence-corrected chi connectivity index (χ4v) is 1.51. The summed E-state index contributed by atoms with van der Waals surface area (Å²) < 4.78 is 35.8. The van der Waals surface area contributed by atoms with Crippen LogP contribution in [0.3, 0.4) is 0 Å². The molecule has 0 unspecified atom stereocenters. The van der Waals surface area contributed by atoms with Crippen molar-refractivity contribution in [2.24, 2.45) is 11.7 Å². The first-order valence-electron chi connectivity index (χ1n) is 5.73. The number of imide groups is 1. The lowest BCUT2D eigenvalue weighted by molar-refractivity contribution is -0.154. The van der Waals surface area contributed by atoms with Crippen molar-refractivity contribution in [3.8, 4) is 0 Å². The lowest BCUT2D eigenvalue weighted by Crippen LogP contribution is -2.42. The van der Waals surface area contributed by atoms with Crippen molar-refractivity contribution in [3.63, 3.8) is 0 Å². The average molecular weight is 299 g/mol. The van der Waals surface area contributed by atoms with Crippen molar-refractivity contribution in [3.05, 3.63) is 0 Å². The zero-order valence-electron chi connectivity index (χ0n) is 10.5. The number of hydrogen-bond donors (Lipinski definition) is 3. The molecule has 0 rings (SSSR count). The summed E-state index contributed by atoms with van der Waals surface area (Å²) in [6.07, 6.45) is -5.41. The number of nitrogens with one attached hydrogen (secondary N) is 1. The van der Waals surface area contributed by atoms with E-state index < -0.39 is 37.0 Å². The van der Waals surface area contributed by atoms with Gasteiger partial charge in [-0.1, -0.05) is 6.42 Å². The fourth-order valence-electron chi connectivity index (χ4n) is 1.51. The third kappa shape index (κ3) is 9.14. The normalized spacial score (nSPS) is 12.6. The van der Waals surface area contributed by atoms with Crippen LogP contribution in [0.1, 0.15) is 25.7 Å². The third-order valence-corrected chi connectivity index (χ3v) is 2.41. The molecule has 10 heteroatoms. The highest BCUT2D eigenvalue weighted by molar-refractivity contribution is 5.94. The number of carbonyl (C=O) groups excluding carboxylic acids is 3. The van der Waals surface area contributed by atoms with Crippen LogP contribution in [0.5, 0.6) is 0 Å². The van der Waals surface area contributed by atoms with Gasteiger partial charge in [0.05, 0.1) is 12.5 Å². The number of halogens is 3. The summed E-state index contributed by atoms with van der Waals surface area (Å²) >= 11 is 0. The maximum Gasteiger partial charge on any atom is 0.389 e. The van der Waals surface area contributed by atoms with Gasteiger partial charge in [-0.2, -0.15) is 13.2 Å². The second-order valence-corrected chi connectivity index (χ2v) is 4.14. The van der Waals surface area contributed by atoms with Gasteiger partial charge in [-0.25, -0.2) is 9.86 Å². The average Bonchev–Trinajstić information content (AvgIpc) is 2.30. The number of urea groups is 1. The van der Waals surface area contributed by atoms with Gasteiger partial charge in [0.25, 0.3) is 0 Å². The van der Waals surface area contributed by atoms with Crippen molar-refractivity contribution in [1.29, 1.82) is 0 Å². The lowest BCUT2D eigenvalue weighted by Gasteiger charge is -2.18. The molecular weight excluding hydrogens is 283 g/mol. The molecule has 0 aromatic carbocycles. The van der Waals surface area contributed by atoms with E-state index in [1.54, 1.807) is 5.32 Å². The van der Waals surface area contributed by atoms with Crippen molar-refractivity contribution < 1.29 is 32.8 Å². The topological polar surface area (TPSA) is 113 Å². The van der Waals surface area contributed by atoms with Crippen molar-refractivity contribution >= 4 is 18.3 Å². The number of hydroxylamine groups is 2. The van der Waals surface area contributed by atoms with Crippen molar-refractivity contribution in [2.45, 2.75) is 31.9 Å². The largest absolute Gasteiger partial charge is 0.389 e. The van der Waals surface area contributed by atoms with Crippen molar-refractivity contribution in [1.82, 2.24) is 10.4 Å². The van der Waals surface area contributed by atoms with Gasteiger partial charge in [0.1, 0.15) is 0 Å². The summed E-state index contributed by atoms with van der Waals surface area (Å²) in [5, 5.41) is 10.9. The predicted octanol–water partition coefficient (Wildman–Crippen LogP) is 0.768. The molecule has 1 atom stereocenters. The number of unbranched alkanes of at least 4 members (excludes halogenated alkanes) is 1. The predicted molar refractivity (Wildman–Crippen MR) is 60.3 cm³/mol. The summed E-state index contributed by atoms with van der Waals surface area (Å²) in [6.45, 7) is -0.436. The number of rotatable bonds is 8. The summed E-state index contributed by atoms with van der Waals surface area (Å²) in [5.41, 5.74) is 4.74. The number of alkyl halides is 3. The van der Waals surface area contributed by atoms with E-state index in [4.69, 9.17) is 10.9 Å². The van der Waals surface area contributed by atoms with Crippen LogP contribution in [0.25, 0.3) is 0 Å². The molecule has 0 aromatic heterocycles. The van der Waals surface area contributed by atoms with Crippen molar-refractivity contribution in [2.75, 3.05) is 6.54 Å². The van der Waals surface area contributed by atoms with Crippen LogP contribution < -0.4 is 11.1 Å². The Hall–Kier alpha value is -1.84. The summed E-state index contributed by atoms with van der Waals surface area (Å²) in [7, 11) is 0. The molecule has 0 radical (unpaired) electrons. The molecule has 0 aromatic rings. The van der Waals surface area contributed by atoms with Gasteiger partial charge >= 0.3 is 12.2 Å². The highest BCUT2D eigenvalue weighted by Gasteiger charge is 2.27. The van der Waals surface area contributed by atoms with E-state index in [1.807, 2.05) is 0 Å². The molecule has 0 bridgehead atoms. The van der Waals surface area contributed by atoms with E-state index in [9.17, 15) is 27.6 Å². The van der Waals surface area contributed by atoms with Crippen LogP contribution in [0, 0.1) is 5.92 Å². The first-order chi connectivity index (χ1) is 9.15. The second-order valence-electron chi connectivity index (χ2n) is 4.14. The minimum Gasteiger partial charge on any atom is -0.351 e. The maximum atomic E-state index is 11.9. The lowest BCUT2D eigenvalue weighted by atomic mass is 10.00. The van der Waals surface area contributed by atoms with Gasteiger partial charge in [0.2, 0.25) is 12.3 Å². The third-order valence-electron chi connectivity index (χ3n) is 2.41. The zero-order chi connectivity index (χ0) is 15.8. The zero-order valence-corrected chi connectivity index (χ0v) is 10.5.